The van der Waals surface area contributed by atoms with Crippen LogP contribution in [0.1, 0.15) is 25.5 Å². The van der Waals surface area contributed by atoms with Gasteiger partial charge in [0.2, 0.25) is 0 Å². The van der Waals surface area contributed by atoms with Gasteiger partial charge in [0.05, 0.1) is 19.3 Å². The van der Waals surface area contributed by atoms with E-state index in [1.807, 2.05) is 13.8 Å². The molecule has 1 aromatic rings. The van der Waals surface area contributed by atoms with Gasteiger partial charge in [-0.3, -0.25) is 0 Å². The summed E-state index contributed by atoms with van der Waals surface area (Å²) in [6, 6.07) is 3.59. The molecule has 1 aromatic carbocycles. The predicted molar refractivity (Wildman–Crippen MR) is 70.5 cm³/mol. The zero-order valence-corrected chi connectivity index (χ0v) is 11.8. The number of rotatable bonds is 5. The van der Waals surface area contributed by atoms with E-state index in [2.05, 4.69) is 15.9 Å². The average molecular weight is 304 g/mol. The Morgan fingerprint density at radius 1 is 1.41 bits per heavy atom. The molecule has 0 aliphatic rings. The standard InChI is InChI=1S/C12H18BrNO3/c1-7(2)17-12-9(10(15)6-14)4-8(13)5-11(12)16-3/h4-5,7,10,15H,6,14H2,1-3H3. The van der Waals surface area contributed by atoms with Crippen molar-refractivity contribution in [1.29, 1.82) is 0 Å². The van der Waals surface area contributed by atoms with E-state index in [1.54, 1.807) is 19.2 Å². The Morgan fingerprint density at radius 2 is 2.06 bits per heavy atom. The SMILES string of the molecule is COc1cc(Br)cc(C(O)CN)c1OC(C)C. The van der Waals surface area contributed by atoms with E-state index in [1.165, 1.54) is 0 Å². The third kappa shape index (κ3) is 3.59. The maximum Gasteiger partial charge on any atom is 0.167 e. The number of methoxy groups -OCH3 is 1. The van der Waals surface area contributed by atoms with Gasteiger partial charge in [0, 0.05) is 16.6 Å². The largest absolute Gasteiger partial charge is 0.493 e. The molecule has 4 nitrogen and oxygen atoms in total. The smallest absolute Gasteiger partial charge is 0.167 e. The van der Waals surface area contributed by atoms with Crippen molar-refractivity contribution in [3.8, 4) is 11.5 Å². The molecular weight excluding hydrogens is 286 g/mol. The summed E-state index contributed by atoms with van der Waals surface area (Å²) in [4.78, 5) is 0. The summed E-state index contributed by atoms with van der Waals surface area (Å²) in [5.74, 6) is 1.12. The summed E-state index contributed by atoms with van der Waals surface area (Å²) in [6.45, 7) is 3.97. The number of halogens is 1. The number of aliphatic hydroxyl groups is 1. The van der Waals surface area contributed by atoms with Gasteiger partial charge in [-0.15, -0.1) is 0 Å². The highest BCUT2D eigenvalue weighted by Crippen LogP contribution is 2.38. The molecule has 1 atom stereocenters. The van der Waals surface area contributed by atoms with Crippen LogP contribution in [0.4, 0.5) is 0 Å². The van der Waals surface area contributed by atoms with Crippen molar-refractivity contribution in [2.45, 2.75) is 26.1 Å². The molecule has 96 valence electrons. The van der Waals surface area contributed by atoms with Gasteiger partial charge < -0.3 is 20.3 Å². The lowest BCUT2D eigenvalue weighted by Crippen LogP contribution is -2.15. The highest BCUT2D eigenvalue weighted by molar-refractivity contribution is 9.10. The molecule has 0 saturated carbocycles. The Balaban J connectivity index is 3.27. The van der Waals surface area contributed by atoms with Crippen LogP contribution in [0.5, 0.6) is 11.5 Å². The van der Waals surface area contributed by atoms with Gasteiger partial charge in [-0.2, -0.15) is 0 Å². The molecule has 0 bridgehead atoms. The molecule has 0 heterocycles. The van der Waals surface area contributed by atoms with Crippen LogP contribution in [0.3, 0.4) is 0 Å². The van der Waals surface area contributed by atoms with Crippen molar-refractivity contribution in [1.82, 2.24) is 0 Å². The molecule has 0 saturated heterocycles. The van der Waals surface area contributed by atoms with E-state index < -0.39 is 6.10 Å². The molecule has 0 aliphatic carbocycles. The molecule has 1 rings (SSSR count). The fourth-order valence-corrected chi connectivity index (χ4v) is 1.93. The normalized spacial score (nSPS) is 12.6. The zero-order chi connectivity index (χ0) is 13.0. The molecule has 0 spiro atoms. The Morgan fingerprint density at radius 3 is 2.53 bits per heavy atom. The van der Waals surface area contributed by atoms with Gasteiger partial charge in [-0.25, -0.2) is 0 Å². The van der Waals surface area contributed by atoms with Crippen molar-refractivity contribution >= 4 is 15.9 Å². The van der Waals surface area contributed by atoms with Crippen molar-refractivity contribution in [3.05, 3.63) is 22.2 Å². The van der Waals surface area contributed by atoms with Crippen LogP contribution in [0.15, 0.2) is 16.6 Å². The van der Waals surface area contributed by atoms with Gasteiger partial charge in [0.25, 0.3) is 0 Å². The summed E-state index contributed by atoms with van der Waals surface area (Å²) < 4.78 is 11.8. The highest BCUT2D eigenvalue weighted by atomic mass is 79.9. The Bertz CT molecular complexity index is 382. The van der Waals surface area contributed by atoms with Crippen molar-refractivity contribution in [2.24, 2.45) is 5.73 Å². The third-order valence-electron chi connectivity index (χ3n) is 2.20. The number of benzene rings is 1. The first-order chi connectivity index (χ1) is 7.99. The second-order valence-electron chi connectivity index (χ2n) is 3.94. The van der Waals surface area contributed by atoms with E-state index in [0.717, 1.165) is 4.47 Å². The van der Waals surface area contributed by atoms with E-state index in [4.69, 9.17) is 15.2 Å². The van der Waals surface area contributed by atoms with Crippen LogP contribution in [0, 0.1) is 0 Å². The summed E-state index contributed by atoms with van der Waals surface area (Å²) in [7, 11) is 1.56. The number of hydrogen-bond acceptors (Lipinski definition) is 4. The summed E-state index contributed by atoms with van der Waals surface area (Å²) in [5.41, 5.74) is 6.12. The van der Waals surface area contributed by atoms with Gasteiger partial charge in [-0.1, -0.05) is 15.9 Å². The van der Waals surface area contributed by atoms with E-state index in [0.29, 0.717) is 17.1 Å². The second kappa shape index (κ2) is 6.23. The quantitative estimate of drug-likeness (QED) is 0.875. The fraction of sp³-hybridized carbons (Fsp3) is 0.500. The maximum atomic E-state index is 9.89. The van der Waals surface area contributed by atoms with E-state index >= 15 is 0 Å². The van der Waals surface area contributed by atoms with Crippen LogP contribution in [-0.2, 0) is 0 Å². The fourth-order valence-electron chi connectivity index (χ4n) is 1.48. The Hall–Kier alpha value is -0.780. The number of aliphatic hydroxyl groups excluding tert-OH is 1. The molecule has 0 amide bonds. The Labute approximate surface area is 110 Å². The molecule has 0 aromatic heterocycles. The lowest BCUT2D eigenvalue weighted by atomic mass is 10.1. The minimum absolute atomic E-state index is 0.00574. The van der Waals surface area contributed by atoms with Gasteiger partial charge in [0.1, 0.15) is 0 Å². The van der Waals surface area contributed by atoms with Gasteiger partial charge in [0.15, 0.2) is 11.5 Å². The van der Waals surface area contributed by atoms with E-state index in [9.17, 15) is 5.11 Å². The molecule has 0 radical (unpaired) electrons. The average Bonchev–Trinajstić information content (AvgIpc) is 2.29. The third-order valence-corrected chi connectivity index (χ3v) is 2.66. The van der Waals surface area contributed by atoms with Crippen molar-refractivity contribution < 1.29 is 14.6 Å². The molecule has 17 heavy (non-hydrogen) atoms. The molecule has 0 aliphatic heterocycles. The summed E-state index contributed by atoms with van der Waals surface area (Å²) >= 11 is 3.36. The molecular formula is C12H18BrNO3. The van der Waals surface area contributed by atoms with Crippen molar-refractivity contribution in [3.63, 3.8) is 0 Å². The molecule has 5 heteroatoms. The lowest BCUT2D eigenvalue weighted by Gasteiger charge is -2.20. The lowest BCUT2D eigenvalue weighted by molar-refractivity contribution is 0.169. The van der Waals surface area contributed by atoms with Crippen LogP contribution in [-0.4, -0.2) is 24.9 Å². The maximum absolute atomic E-state index is 9.89. The van der Waals surface area contributed by atoms with Crippen LogP contribution >= 0.6 is 15.9 Å². The second-order valence-corrected chi connectivity index (χ2v) is 4.86. The molecule has 1 unspecified atom stereocenters. The highest BCUT2D eigenvalue weighted by Gasteiger charge is 2.19. The van der Waals surface area contributed by atoms with Crippen LogP contribution in [0.25, 0.3) is 0 Å². The summed E-state index contributed by atoms with van der Waals surface area (Å²) in [5, 5.41) is 9.89. The first kappa shape index (κ1) is 14.3. The monoisotopic (exact) mass is 303 g/mol. The van der Waals surface area contributed by atoms with Crippen molar-refractivity contribution in [2.75, 3.05) is 13.7 Å². The topological polar surface area (TPSA) is 64.7 Å². The number of ether oxygens (including phenoxy) is 2. The van der Waals surface area contributed by atoms with Crippen LogP contribution in [0.2, 0.25) is 0 Å². The first-order valence-corrected chi connectivity index (χ1v) is 6.21. The molecule has 0 fully saturated rings. The minimum Gasteiger partial charge on any atom is -0.493 e. The predicted octanol–water partition coefficient (Wildman–Crippen LogP) is 2.24. The van der Waals surface area contributed by atoms with E-state index in [-0.39, 0.29) is 12.6 Å². The van der Waals surface area contributed by atoms with Gasteiger partial charge >= 0.3 is 0 Å². The zero-order valence-electron chi connectivity index (χ0n) is 10.2. The first-order valence-electron chi connectivity index (χ1n) is 5.41. The summed E-state index contributed by atoms with van der Waals surface area (Å²) in [6.07, 6.45) is -0.774. The van der Waals surface area contributed by atoms with Gasteiger partial charge in [-0.05, 0) is 26.0 Å². The number of hydrogen-bond donors (Lipinski definition) is 2. The minimum atomic E-state index is -0.768. The Kier molecular flexibility index (Phi) is 5.24. The van der Waals surface area contributed by atoms with Crippen LogP contribution < -0.4 is 15.2 Å². The number of nitrogens with two attached hydrogens (primary N) is 1. The molecule has 3 N–H and O–H groups in total.